The van der Waals surface area contributed by atoms with Crippen LogP contribution in [0.3, 0.4) is 0 Å². The molecule has 0 bridgehead atoms. The number of nitrogens with zero attached hydrogens (tertiary/aromatic N) is 1. The quantitative estimate of drug-likeness (QED) is 0.520. The highest BCUT2D eigenvalue weighted by Gasteiger charge is 2.35. The van der Waals surface area contributed by atoms with Crippen LogP contribution in [0.25, 0.3) is 0 Å². The van der Waals surface area contributed by atoms with E-state index in [9.17, 15) is 8.94 Å². The minimum atomic E-state index is -1.50. The Hall–Kier alpha value is -0.950. The first kappa shape index (κ1) is 20.4. The minimum Gasteiger partial charge on any atom is -0.598 e. The van der Waals surface area contributed by atoms with Crippen LogP contribution in [0.1, 0.15) is 62.8 Å². The van der Waals surface area contributed by atoms with Crippen LogP contribution in [0.4, 0.5) is 4.39 Å². The molecule has 1 aromatic heterocycles. The summed E-state index contributed by atoms with van der Waals surface area (Å²) in [5.41, 5.74) is 2.20. The first-order chi connectivity index (χ1) is 11.6. The molecule has 0 spiro atoms. The van der Waals surface area contributed by atoms with Gasteiger partial charge >= 0.3 is 0 Å². The predicted octanol–water partition coefficient (Wildman–Crippen LogP) is 5.03. The van der Waals surface area contributed by atoms with E-state index >= 15 is 0 Å². The van der Waals surface area contributed by atoms with E-state index in [0.29, 0.717) is 17.7 Å². The summed E-state index contributed by atoms with van der Waals surface area (Å²) < 4.78 is 26.7. The summed E-state index contributed by atoms with van der Waals surface area (Å²) in [6.07, 6.45) is 0.500. The van der Waals surface area contributed by atoms with E-state index < -0.39 is 22.1 Å². The molecule has 2 rings (SSSR count). The maximum absolute atomic E-state index is 14.4. The first-order valence-corrected chi connectivity index (χ1v) is 10.2. The van der Waals surface area contributed by atoms with Gasteiger partial charge in [0.1, 0.15) is 4.75 Å². The van der Waals surface area contributed by atoms with Crippen LogP contribution < -0.4 is 5.14 Å². The monoisotopic (exact) mass is 426 g/mol. The third-order valence-electron chi connectivity index (χ3n) is 4.37. The molecule has 2 N–H and O–H groups in total. The molecule has 0 aliphatic rings. The third-order valence-corrected chi connectivity index (χ3v) is 6.12. The molecule has 0 radical (unpaired) electrons. The Morgan fingerprint density at radius 2 is 1.96 bits per heavy atom. The molecule has 2 aromatic rings. The van der Waals surface area contributed by atoms with Crippen molar-refractivity contribution in [1.82, 2.24) is 4.98 Å². The van der Waals surface area contributed by atoms with E-state index in [0.717, 1.165) is 10.0 Å². The van der Waals surface area contributed by atoms with Gasteiger partial charge in [-0.1, -0.05) is 48.0 Å². The maximum Gasteiger partial charge on any atom is 0.216 e. The Bertz CT molecular complexity index is 737. The molecule has 1 unspecified atom stereocenters. The summed E-state index contributed by atoms with van der Waals surface area (Å²) in [5, 5.41) is 5.67. The van der Waals surface area contributed by atoms with E-state index in [-0.39, 0.29) is 11.8 Å². The molecule has 1 heterocycles. The number of hydrogen-bond acceptors (Lipinski definition) is 3. The van der Waals surface area contributed by atoms with Gasteiger partial charge in [-0.05, 0) is 43.5 Å². The lowest BCUT2D eigenvalue weighted by molar-refractivity contribution is 0.497. The Balaban J connectivity index is 2.50. The van der Waals surface area contributed by atoms with Crippen molar-refractivity contribution in [3.8, 4) is 0 Å². The molecular weight excluding hydrogens is 403 g/mol. The number of aromatic nitrogens is 1. The smallest absolute Gasteiger partial charge is 0.216 e. The SMILES string of the molecule is CC(C)c1ccc([C@@H](CC(C)(C)[S+](N)[O-])c2cccc(Br)c2)nc1F. The molecule has 136 valence electrons. The molecule has 0 aliphatic heterocycles. The lowest BCUT2D eigenvalue weighted by Crippen LogP contribution is -2.39. The molecule has 25 heavy (non-hydrogen) atoms. The van der Waals surface area contributed by atoms with Gasteiger partial charge in [0, 0.05) is 33.7 Å². The van der Waals surface area contributed by atoms with E-state index in [1.54, 1.807) is 6.07 Å². The fraction of sp³-hybridized carbons (Fsp3) is 0.421. The van der Waals surface area contributed by atoms with Gasteiger partial charge in [0.25, 0.3) is 0 Å². The Morgan fingerprint density at radius 3 is 2.48 bits per heavy atom. The van der Waals surface area contributed by atoms with E-state index in [1.807, 2.05) is 58.0 Å². The summed E-state index contributed by atoms with van der Waals surface area (Å²) in [6, 6.07) is 11.5. The van der Waals surface area contributed by atoms with Crippen molar-refractivity contribution in [1.29, 1.82) is 0 Å². The summed E-state index contributed by atoms with van der Waals surface area (Å²) in [5.74, 6) is -0.575. The van der Waals surface area contributed by atoms with Crippen LogP contribution in [0.2, 0.25) is 0 Å². The molecule has 0 amide bonds. The van der Waals surface area contributed by atoms with Crippen molar-refractivity contribution in [3.05, 3.63) is 63.6 Å². The summed E-state index contributed by atoms with van der Waals surface area (Å²) in [7, 11) is 0. The van der Waals surface area contributed by atoms with Crippen molar-refractivity contribution in [2.45, 2.75) is 50.7 Å². The zero-order valence-corrected chi connectivity index (χ0v) is 17.3. The second kappa shape index (κ2) is 8.16. The lowest BCUT2D eigenvalue weighted by Gasteiger charge is -2.29. The molecule has 0 aliphatic carbocycles. The molecule has 0 saturated heterocycles. The summed E-state index contributed by atoms with van der Waals surface area (Å²) in [4.78, 5) is 4.22. The van der Waals surface area contributed by atoms with Crippen LogP contribution in [-0.4, -0.2) is 14.3 Å². The standard InChI is InChI=1S/C19H24BrFN2OS/c1-12(2)15-8-9-17(23-18(15)21)16(11-19(3,4)25(22)24)13-6-5-7-14(20)10-13/h5-10,12,16H,11,22H2,1-4H3/t16-,25?/m0/s1. The summed E-state index contributed by atoms with van der Waals surface area (Å²) in [6.45, 7) is 7.58. The minimum absolute atomic E-state index is 0.0684. The molecule has 0 fully saturated rings. The van der Waals surface area contributed by atoms with E-state index in [4.69, 9.17) is 5.14 Å². The second-order valence-corrected chi connectivity index (χ2v) is 9.76. The van der Waals surface area contributed by atoms with Gasteiger partial charge in [-0.15, -0.1) is 0 Å². The largest absolute Gasteiger partial charge is 0.598 e. The zero-order chi connectivity index (χ0) is 18.8. The van der Waals surface area contributed by atoms with Crippen molar-refractivity contribution < 1.29 is 8.94 Å². The molecule has 3 nitrogen and oxygen atoms in total. The Labute approximate surface area is 160 Å². The Kier molecular flexibility index (Phi) is 6.65. The lowest BCUT2D eigenvalue weighted by atomic mass is 9.86. The highest BCUT2D eigenvalue weighted by Crippen LogP contribution is 2.36. The average Bonchev–Trinajstić information content (AvgIpc) is 2.52. The van der Waals surface area contributed by atoms with Gasteiger partial charge in [-0.3, -0.25) is 0 Å². The van der Waals surface area contributed by atoms with Crippen molar-refractivity contribution >= 4 is 27.3 Å². The molecule has 6 heteroatoms. The predicted molar refractivity (Wildman–Crippen MR) is 105 cm³/mol. The maximum atomic E-state index is 14.4. The van der Waals surface area contributed by atoms with Crippen molar-refractivity contribution in [3.63, 3.8) is 0 Å². The second-order valence-electron chi connectivity index (χ2n) is 7.14. The Morgan fingerprint density at radius 1 is 1.28 bits per heavy atom. The normalized spacial score (nSPS) is 14.6. The van der Waals surface area contributed by atoms with Crippen molar-refractivity contribution in [2.75, 3.05) is 0 Å². The highest BCUT2D eigenvalue weighted by molar-refractivity contribution is 9.10. The molecular formula is C19H24BrFN2OS. The zero-order valence-electron chi connectivity index (χ0n) is 14.9. The highest BCUT2D eigenvalue weighted by atomic mass is 79.9. The number of benzene rings is 1. The van der Waals surface area contributed by atoms with Gasteiger partial charge in [-0.2, -0.15) is 9.53 Å². The topological polar surface area (TPSA) is 62.0 Å². The van der Waals surface area contributed by atoms with Crippen LogP contribution >= 0.6 is 15.9 Å². The van der Waals surface area contributed by atoms with Gasteiger partial charge in [-0.25, -0.2) is 4.98 Å². The fourth-order valence-electron chi connectivity index (χ4n) is 2.77. The number of hydrogen-bond donors (Lipinski definition) is 1. The average molecular weight is 427 g/mol. The van der Waals surface area contributed by atoms with Crippen LogP contribution in [-0.2, 0) is 11.4 Å². The van der Waals surface area contributed by atoms with E-state index in [2.05, 4.69) is 20.9 Å². The van der Waals surface area contributed by atoms with Crippen LogP contribution in [0, 0.1) is 5.95 Å². The van der Waals surface area contributed by atoms with Crippen LogP contribution in [0.15, 0.2) is 40.9 Å². The van der Waals surface area contributed by atoms with Crippen molar-refractivity contribution in [2.24, 2.45) is 5.14 Å². The number of nitrogens with two attached hydrogens (primary N) is 1. The molecule has 0 saturated carbocycles. The number of halogens is 2. The van der Waals surface area contributed by atoms with E-state index in [1.165, 1.54) is 0 Å². The first-order valence-electron chi connectivity index (χ1n) is 8.20. The third kappa shape index (κ3) is 5.03. The molecule has 1 aromatic carbocycles. The molecule has 2 atom stereocenters. The van der Waals surface area contributed by atoms with Crippen LogP contribution in [0.5, 0.6) is 0 Å². The number of pyridine rings is 1. The summed E-state index contributed by atoms with van der Waals surface area (Å²) >= 11 is 1.98. The van der Waals surface area contributed by atoms with Gasteiger partial charge < -0.3 is 4.55 Å². The van der Waals surface area contributed by atoms with Gasteiger partial charge in [0.2, 0.25) is 5.95 Å². The van der Waals surface area contributed by atoms with Gasteiger partial charge in [0.15, 0.2) is 0 Å². The number of rotatable bonds is 6. The fourth-order valence-corrected chi connectivity index (χ4v) is 3.52. The van der Waals surface area contributed by atoms with Gasteiger partial charge in [0.05, 0.1) is 5.69 Å².